The lowest BCUT2D eigenvalue weighted by Gasteiger charge is -2.41. The zero-order valence-electron chi connectivity index (χ0n) is 16.3. The third kappa shape index (κ3) is 4.48. The highest BCUT2D eigenvalue weighted by atomic mass is 16.5. The Morgan fingerprint density at radius 2 is 1.85 bits per heavy atom. The van der Waals surface area contributed by atoms with Crippen LogP contribution in [-0.2, 0) is 4.79 Å². The lowest BCUT2D eigenvalue weighted by Crippen LogP contribution is -2.55. The highest BCUT2D eigenvalue weighted by molar-refractivity contribution is 5.78. The number of methoxy groups -OCH3 is 1. The summed E-state index contributed by atoms with van der Waals surface area (Å²) in [6.45, 7) is 8.11. The molecule has 2 aromatic rings. The molecule has 0 radical (unpaired) electrons. The van der Waals surface area contributed by atoms with E-state index in [9.17, 15) is 4.79 Å². The summed E-state index contributed by atoms with van der Waals surface area (Å²) in [5.74, 6) is 2.96. The van der Waals surface area contributed by atoms with Gasteiger partial charge in [-0.15, -0.1) is 0 Å². The molecular weight excluding hydrogens is 344 g/mol. The van der Waals surface area contributed by atoms with Crippen LogP contribution in [0.5, 0.6) is 17.4 Å². The number of aromatic nitrogens is 2. The number of hydrogen-bond acceptors (Lipinski definition) is 6. The molecule has 7 nitrogen and oxygen atoms in total. The fourth-order valence-corrected chi connectivity index (χ4v) is 3.15. The summed E-state index contributed by atoms with van der Waals surface area (Å²) < 4.78 is 11.0. The minimum absolute atomic E-state index is 0.0162. The van der Waals surface area contributed by atoms with Gasteiger partial charge in [0.05, 0.1) is 7.11 Å². The van der Waals surface area contributed by atoms with Crippen molar-refractivity contribution in [2.45, 2.75) is 26.8 Å². The van der Waals surface area contributed by atoms with Crippen LogP contribution in [-0.4, -0.2) is 53.6 Å². The highest BCUT2D eigenvalue weighted by Crippen LogP contribution is 2.25. The van der Waals surface area contributed by atoms with Gasteiger partial charge in [-0.2, -0.15) is 0 Å². The number of rotatable bonds is 5. The van der Waals surface area contributed by atoms with Gasteiger partial charge in [-0.25, -0.2) is 9.97 Å². The Morgan fingerprint density at radius 3 is 2.48 bits per heavy atom. The van der Waals surface area contributed by atoms with E-state index in [0.717, 1.165) is 24.7 Å². The van der Waals surface area contributed by atoms with Crippen LogP contribution in [0.2, 0.25) is 0 Å². The minimum Gasteiger partial charge on any atom is -0.497 e. The summed E-state index contributed by atoms with van der Waals surface area (Å²) >= 11 is 0. The monoisotopic (exact) mass is 370 g/mol. The molecule has 1 aromatic heterocycles. The number of nitrogens with zero attached hydrogens (tertiary/aromatic N) is 4. The molecule has 1 aromatic carbocycles. The van der Waals surface area contributed by atoms with Gasteiger partial charge in [0.1, 0.15) is 23.6 Å². The maximum Gasteiger partial charge on any atom is 0.225 e. The van der Waals surface area contributed by atoms with Crippen LogP contribution in [0, 0.1) is 5.92 Å². The maximum absolute atomic E-state index is 12.3. The second kappa shape index (κ2) is 8.24. The lowest BCUT2D eigenvalue weighted by atomic mass is 10.1. The molecule has 3 rings (SSSR count). The molecule has 2 heterocycles. The number of carbonyl (C=O) groups is 1. The van der Waals surface area contributed by atoms with E-state index in [1.54, 1.807) is 7.11 Å². The summed E-state index contributed by atoms with van der Waals surface area (Å²) in [5, 5.41) is 0. The first-order chi connectivity index (χ1) is 13.0. The van der Waals surface area contributed by atoms with Gasteiger partial charge in [0.2, 0.25) is 11.8 Å². The number of amides is 1. The van der Waals surface area contributed by atoms with Crippen molar-refractivity contribution < 1.29 is 14.3 Å². The highest BCUT2D eigenvalue weighted by Gasteiger charge is 2.29. The van der Waals surface area contributed by atoms with Crippen molar-refractivity contribution in [2.24, 2.45) is 5.92 Å². The van der Waals surface area contributed by atoms with E-state index in [1.807, 2.05) is 49.1 Å². The molecule has 0 N–H and O–H groups in total. The minimum atomic E-state index is 0.0162. The van der Waals surface area contributed by atoms with E-state index in [0.29, 0.717) is 18.2 Å². The van der Waals surface area contributed by atoms with Crippen LogP contribution >= 0.6 is 0 Å². The molecule has 7 heteroatoms. The average Bonchev–Trinajstić information content (AvgIpc) is 2.68. The van der Waals surface area contributed by atoms with Crippen LogP contribution in [0.25, 0.3) is 0 Å². The van der Waals surface area contributed by atoms with Crippen molar-refractivity contribution in [1.82, 2.24) is 14.9 Å². The Hall–Kier alpha value is -2.83. The van der Waals surface area contributed by atoms with E-state index in [-0.39, 0.29) is 17.9 Å². The summed E-state index contributed by atoms with van der Waals surface area (Å²) in [6.07, 6.45) is 1.50. The Bertz CT molecular complexity index is 779. The lowest BCUT2D eigenvalue weighted by molar-refractivity contribution is -0.136. The normalized spacial score (nSPS) is 17.1. The standard InChI is InChI=1S/C20H26N4O3/c1-14(2)20(25)24-10-9-23(12-15(24)3)18-11-19(22-13-21-18)27-17-7-5-16(26-4)6-8-17/h5-8,11,13-15H,9-10,12H2,1-4H3/t15-/m0/s1. The first-order valence-electron chi connectivity index (χ1n) is 9.17. The third-order valence-corrected chi connectivity index (χ3v) is 4.64. The molecule has 1 amide bonds. The smallest absolute Gasteiger partial charge is 0.225 e. The molecular formula is C20H26N4O3. The molecule has 1 aliphatic heterocycles. The first kappa shape index (κ1) is 18.9. The van der Waals surface area contributed by atoms with Crippen LogP contribution < -0.4 is 14.4 Å². The van der Waals surface area contributed by atoms with E-state index < -0.39 is 0 Å². The average molecular weight is 370 g/mol. The zero-order valence-corrected chi connectivity index (χ0v) is 16.3. The van der Waals surface area contributed by atoms with Crippen molar-refractivity contribution in [2.75, 3.05) is 31.6 Å². The van der Waals surface area contributed by atoms with E-state index in [1.165, 1.54) is 6.33 Å². The fourth-order valence-electron chi connectivity index (χ4n) is 3.15. The number of benzene rings is 1. The van der Waals surface area contributed by atoms with Gasteiger partial charge in [0, 0.05) is 37.7 Å². The largest absolute Gasteiger partial charge is 0.497 e. The number of ether oxygens (including phenoxy) is 2. The molecule has 1 fully saturated rings. The summed E-state index contributed by atoms with van der Waals surface area (Å²) in [6, 6.07) is 9.30. The molecule has 27 heavy (non-hydrogen) atoms. The van der Waals surface area contributed by atoms with Crippen molar-refractivity contribution in [3.63, 3.8) is 0 Å². The molecule has 0 unspecified atom stereocenters. The van der Waals surface area contributed by atoms with Crippen LogP contribution in [0.1, 0.15) is 20.8 Å². The van der Waals surface area contributed by atoms with Gasteiger partial charge in [0.15, 0.2) is 0 Å². The van der Waals surface area contributed by atoms with Crippen molar-refractivity contribution >= 4 is 11.7 Å². The fraction of sp³-hybridized carbons (Fsp3) is 0.450. The molecule has 0 aliphatic carbocycles. The predicted octanol–water partition coefficient (Wildman–Crippen LogP) is 2.97. The molecule has 1 aliphatic rings. The van der Waals surface area contributed by atoms with Crippen molar-refractivity contribution in [3.05, 3.63) is 36.7 Å². The van der Waals surface area contributed by atoms with Crippen LogP contribution in [0.3, 0.4) is 0 Å². The molecule has 0 bridgehead atoms. The molecule has 144 valence electrons. The van der Waals surface area contributed by atoms with E-state index in [4.69, 9.17) is 9.47 Å². The number of hydrogen-bond donors (Lipinski definition) is 0. The zero-order chi connectivity index (χ0) is 19.4. The van der Waals surface area contributed by atoms with Gasteiger partial charge in [-0.3, -0.25) is 4.79 Å². The Labute approximate surface area is 159 Å². The van der Waals surface area contributed by atoms with Gasteiger partial charge < -0.3 is 19.3 Å². The second-order valence-electron chi connectivity index (χ2n) is 6.97. The summed E-state index contributed by atoms with van der Waals surface area (Å²) in [4.78, 5) is 25.0. The Balaban J connectivity index is 1.67. The summed E-state index contributed by atoms with van der Waals surface area (Å²) in [5.41, 5.74) is 0. The van der Waals surface area contributed by atoms with Crippen LogP contribution in [0.4, 0.5) is 5.82 Å². The van der Waals surface area contributed by atoms with Gasteiger partial charge in [0.25, 0.3) is 0 Å². The molecule has 1 atom stereocenters. The maximum atomic E-state index is 12.3. The summed E-state index contributed by atoms with van der Waals surface area (Å²) in [7, 11) is 1.63. The molecule has 0 spiro atoms. The van der Waals surface area contributed by atoms with E-state index in [2.05, 4.69) is 21.8 Å². The molecule has 1 saturated heterocycles. The van der Waals surface area contributed by atoms with Gasteiger partial charge in [-0.1, -0.05) is 13.8 Å². The SMILES string of the molecule is COc1ccc(Oc2cc(N3CCN(C(=O)C(C)C)[C@@H](C)C3)ncn2)cc1. The molecule has 0 saturated carbocycles. The van der Waals surface area contributed by atoms with Crippen LogP contribution in [0.15, 0.2) is 36.7 Å². The number of anilines is 1. The van der Waals surface area contributed by atoms with Gasteiger partial charge in [-0.05, 0) is 31.2 Å². The number of carbonyl (C=O) groups excluding carboxylic acids is 1. The number of piperazine rings is 1. The third-order valence-electron chi connectivity index (χ3n) is 4.64. The van der Waals surface area contributed by atoms with Crippen molar-refractivity contribution in [1.29, 1.82) is 0 Å². The van der Waals surface area contributed by atoms with E-state index >= 15 is 0 Å². The van der Waals surface area contributed by atoms with Crippen molar-refractivity contribution in [3.8, 4) is 17.4 Å². The van der Waals surface area contributed by atoms with Gasteiger partial charge >= 0.3 is 0 Å². The predicted molar refractivity (Wildman–Crippen MR) is 103 cm³/mol. The Kier molecular flexibility index (Phi) is 5.78. The topological polar surface area (TPSA) is 67.8 Å². The first-order valence-corrected chi connectivity index (χ1v) is 9.17. The second-order valence-corrected chi connectivity index (χ2v) is 6.97. The Morgan fingerprint density at radius 1 is 1.15 bits per heavy atom. The quantitative estimate of drug-likeness (QED) is 0.806.